The predicted octanol–water partition coefficient (Wildman–Crippen LogP) is 3.11. The van der Waals surface area contributed by atoms with Crippen molar-refractivity contribution in [2.24, 2.45) is 0 Å². The monoisotopic (exact) mass is 356 g/mol. The first-order chi connectivity index (χ1) is 12.1. The van der Waals surface area contributed by atoms with Crippen LogP contribution in [-0.2, 0) is 16.8 Å². The van der Waals surface area contributed by atoms with Gasteiger partial charge in [0.1, 0.15) is 17.9 Å². The Labute approximate surface area is 150 Å². The van der Waals surface area contributed by atoms with Crippen molar-refractivity contribution in [1.29, 1.82) is 0 Å². The molecule has 0 saturated carbocycles. The second kappa shape index (κ2) is 6.08. The van der Waals surface area contributed by atoms with Gasteiger partial charge in [0.2, 0.25) is 0 Å². The summed E-state index contributed by atoms with van der Waals surface area (Å²) in [6.45, 7) is 0.415. The maximum Gasteiger partial charge on any atom is 0.325 e. The molecule has 1 heterocycles. The van der Waals surface area contributed by atoms with Gasteiger partial charge < -0.3 is 10.1 Å². The fourth-order valence-corrected chi connectivity index (χ4v) is 3.78. The van der Waals surface area contributed by atoms with Crippen LogP contribution in [0.1, 0.15) is 17.5 Å². The normalized spacial score (nSPS) is 21.6. The summed E-state index contributed by atoms with van der Waals surface area (Å²) in [7, 11) is 0. The molecule has 1 saturated heterocycles. The van der Waals surface area contributed by atoms with Gasteiger partial charge in [0.05, 0.1) is 6.54 Å². The van der Waals surface area contributed by atoms with Crippen LogP contribution in [0.3, 0.4) is 0 Å². The zero-order valence-corrected chi connectivity index (χ0v) is 14.3. The number of rotatable bonds is 4. The number of hydrogen-bond donors (Lipinski definition) is 1. The molecular formula is C19H17ClN2O3. The van der Waals surface area contributed by atoms with Crippen LogP contribution >= 0.6 is 11.6 Å². The first kappa shape index (κ1) is 16.0. The van der Waals surface area contributed by atoms with Crippen molar-refractivity contribution in [3.05, 3.63) is 64.7 Å². The largest absolute Gasteiger partial charge is 0.492 e. The van der Waals surface area contributed by atoms with Crippen LogP contribution < -0.4 is 10.1 Å². The Balaban J connectivity index is 1.47. The first-order valence-corrected chi connectivity index (χ1v) is 8.59. The van der Waals surface area contributed by atoms with E-state index in [0.717, 1.165) is 17.5 Å². The second-order valence-corrected chi connectivity index (χ2v) is 6.69. The number of benzene rings is 2. The highest BCUT2D eigenvalue weighted by molar-refractivity contribution is 6.30. The van der Waals surface area contributed by atoms with E-state index in [2.05, 4.69) is 5.32 Å². The van der Waals surface area contributed by atoms with Gasteiger partial charge in [-0.25, -0.2) is 4.79 Å². The molecule has 0 bridgehead atoms. The molecule has 0 aromatic heterocycles. The van der Waals surface area contributed by atoms with E-state index in [4.69, 9.17) is 16.3 Å². The summed E-state index contributed by atoms with van der Waals surface area (Å²) in [5.41, 5.74) is 1.11. The number of ether oxygens (including phenoxy) is 1. The van der Waals surface area contributed by atoms with E-state index < -0.39 is 5.54 Å². The average Bonchev–Trinajstić information content (AvgIpc) is 3.09. The summed E-state index contributed by atoms with van der Waals surface area (Å²) in [6.07, 6.45) is 1.39. The minimum Gasteiger partial charge on any atom is -0.492 e. The van der Waals surface area contributed by atoms with Crippen molar-refractivity contribution < 1.29 is 14.3 Å². The molecule has 1 atom stereocenters. The number of nitrogens with one attached hydrogen (secondary N) is 1. The summed E-state index contributed by atoms with van der Waals surface area (Å²) in [6, 6.07) is 14.4. The lowest BCUT2D eigenvalue weighted by atomic mass is 9.92. The van der Waals surface area contributed by atoms with Crippen molar-refractivity contribution in [3.63, 3.8) is 0 Å². The van der Waals surface area contributed by atoms with E-state index in [1.165, 1.54) is 4.90 Å². The van der Waals surface area contributed by atoms with Crippen molar-refractivity contribution in [2.45, 2.75) is 18.4 Å². The highest BCUT2D eigenvalue weighted by Gasteiger charge is 2.54. The molecule has 1 fully saturated rings. The van der Waals surface area contributed by atoms with Crippen molar-refractivity contribution in [1.82, 2.24) is 10.2 Å². The molecule has 2 aromatic carbocycles. The fourth-order valence-electron chi connectivity index (χ4n) is 3.60. The Bertz CT molecular complexity index is 854. The number of carbonyl (C=O) groups excluding carboxylic acids is 2. The van der Waals surface area contributed by atoms with Crippen LogP contribution in [0.5, 0.6) is 5.75 Å². The zero-order chi connectivity index (χ0) is 17.4. The number of urea groups is 1. The predicted molar refractivity (Wildman–Crippen MR) is 93.6 cm³/mol. The Morgan fingerprint density at radius 1 is 1.16 bits per heavy atom. The van der Waals surface area contributed by atoms with Gasteiger partial charge >= 0.3 is 6.03 Å². The summed E-state index contributed by atoms with van der Waals surface area (Å²) < 4.78 is 5.61. The third-order valence-corrected chi connectivity index (χ3v) is 5.04. The molecule has 1 spiro atoms. The Kier molecular flexibility index (Phi) is 3.88. The minimum atomic E-state index is -0.913. The van der Waals surface area contributed by atoms with Gasteiger partial charge in [-0.05, 0) is 42.2 Å². The molecule has 6 heteroatoms. The summed E-state index contributed by atoms with van der Waals surface area (Å²) in [5.74, 6) is 0.414. The number of amides is 3. The first-order valence-electron chi connectivity index (χ1n) is 8.21. The van der Waals surface area contributed by atoms with E-state index in [9.17, 15) is 9.59 Å². The van der Waals surface area contributed by atoms with Crippen molar-refractivity contribution in [2.75, 3.05) is 13.2 Å². The third-order valence-electron chi connectivity index (χ3n) is 4.80. The van der Waals surface area contributed by atoms with Crippen LogP contribution in [0.15, 0.2) is 48.5 Å². The molecule has 3 amide bonds. The minimum absolute atomic E-state index is 0.196. The lowest BCUT2D eigenvalue weighted by molar-refractivity contribution is -0.131. The topological polar surface area (TPSA) is 58.6 Å². The highest BCUT2D eigenvalue weighted by atomic mass is 35.5. The SMILES string of the molecule is O=C1N[C@@]2(CCc3ccccc32)C(=O)N1CCOc1cccc(Cl)c1. The van der Waals surface area contributed by atoms with E-state index in [1.807, 2.05) is 24.3 Å². The highest BCUT2D eigenvalue weighted by Crippen LogP contribution is 2.41. The maximum absolute atomic E-state index is 13.0. The number of hydrogen-bond acceptors (Lipinski definition) is 3. The molecule has 128 valence electrons. The Morgan fingerprint density at radius 3 is 2.84 bits per heavy atom. The zero-order valence-electron chi connectivity index (χ0n) is 13.5. The van der Waals surface area contributed by atoms with Gasteiger partial charge in [-0.15, -0.1) is 0 Å². The van der Waals surface area contributed by atoms with Gasteiger partial charge in [0, 0.05) is 5.02 Å². The summed E-state index contributed by atoms with van der Waals surface area (Å²) >= 11 is 5.92. The summed E-state index contributed by atoms with van der Waals surface area (Å²) in [4.78, 5) is 26.6. The Morgan fingerprint density at radius 2 is 2.00 bits per heavy atom. The van der Waals surface area contributed by atoms with Gasteiger partial charge in [-0.2, -0.15) is 0 Å². The van der Waals surface area contributed by atoms with Crippen LogP contribution in [0, 0.1) is 0 Å². The number of imide groups is 1. The molecular weight excluding hydrogens is 340 g/mol. The third kappa shape index (κ3) is 2.65. The molecule has 0 radical (unpaired) electrons. The van der Waals surface area contributed by atoms with Crippen LogP contribution in [-0.4, -0.2) is 30.0 Å². The molecule has 5 nitrogen and oxygen atoms in total. The molecule has 1 aliphatic carbocycles. The van der Waals surface area contributed by atoms with E-state index in [-0.39, 0.29) is 25.1 Å². The molecule has 0 unspecified atom stereocenters. The number of aryl methyl sites for hydroxylation is 1. The van der Waals surface area contributed by atoms with E-state index >= 15 is 0 Å². The number of halogens is 1. The molecule has 2 aromatic rings. The molecule has 1 aliphatic heterocycles. The molecule has 1 N–H and O–H groups in total. The number of fused-ring (bicyclic) bond motifs is 2. The summed E-state index contributed by atoms with van der Waals surface area (Å²) in [5, 5.41) is 3.48. The maximum atomic E-state index is 13.0. The average molecular weight is 357 g/mol. The Hall–Kier alpha value is -2.53. The van der Waals surface area contributed by atoms with Gasteiger partial charge in [0.15, 0.2) is 0 Å². The number of carbonyl (C=O) groups is 2. The fraction of sp³-hybridized carbons (Fsp3) is 0.263. The smallest absolute Gasteiger partial charge is 0.325 e. The van der Waals surface area contributed by atoms with Crippen molar-refractivity contribution in [3.8, 4) is 5.75 Å². The lowest BCUT2D eigenvalue weighted by Gasteiger charge is -2.22. The van der Waals surface area contributed by atoms with E-state index in [1.54, 1.807) is 24.3 Å². The quantitative estimate of drug-likeness (QED) is 0.856. The van der Waals surface area contributed by atoms with Crippen LogP contribution in [0.25, 0.3) is 0 Å². The van der Waals surface area contributed by atoms with Gasteiger partial charge in [-0.3, -0.25) is 9.69 Å². The van der Waals surface area contributed by atoms with Crippen molar-refractivity contribution >= 4 is 23.5 Å². The molecule has 25 heavy (non-hydrogen) atoms. The van der Waals surface area contributed by atoms with Crippen LogP contribution in [0.2, 0.25) is 5.02 Å². The molecule has 4 rings (SSSR count). The van der Waals surface area contributed by atoms with Gasteiger partial charge in [0.25, 0.3) is 5.91 Å². The second-order valence-electron chi connectivity index (χ2n) is 6.26. The lowest BCUT2D eigenvalue weighted by Crippen LogP contribution is -2.42. The standard InChI is InChI=1S/C19H17ClN2O3/c20-14-5-3-6-15(12-14)25-11-10-22-17(23)19(21-18(22)24)9-8-13-4-1-2-7-16(13)19/h1-7,12H,8-11H2,(H,21,24)/t19-/m1/s1. The van der Waals surface area contributed by atoms with E-state index in [0.29, 0.717) is 17.2 Å². The number of nitrogens with zero attached hydrogens (tertiary/aromatic N) is 1. The van der Waals surface area contributed by atoms with Crippen LogP contribution in [0.4, 0.5) is 4.79 Å². The van der Waals surface area contributed by atoms with Gasteiger partial charge in [-0.1, -0.05) is 41.9 Å². The molecule has 2 aliphatic rings.